The molecule has 2 saturated carbocycles. The van der Waals surface area contributed by atoms with E-state index in [0.29, 0.717) is 37.3 Å². The average Bonchev–Trinajstić information content (AvgIpc) is 3.39. The fourth-order valence-electron chi connectivity index (χ4n) is 7.19. The van der Waals surface area contributed by atoms with Crippen molar-refractivity contribution in [1.82, 2.24) is 20.2 Å². The van der Waals surface area contributed by atoms with Crippen LogP contribution in [0.5, 0.6) is 11.5 Å². The Hall–Kier alpha value is -3.99. The molecular weight excluding hydrogens is 653 g/mol. The third-order valence-electron chi connectivity index (χ3n) is 10.3. The van der Waals surface area contributed by atoms with Crippen molar-refractivity contribution in [3.63, 3.8) is 0 Å². The third-order valence-corrected chi connectivity index (χ3v) is 11.2. The number of rotatable bonds is 16. The van der Waals surface area contributed by atoms with Gasteiger partial charge in [-0.2, -0.15) is 0 Å². The van der Waals surface area contributed by atoms with Crippen molar-refractivity contribution in [2.45, 2.75) is 97.1 Å². The first kappa shape index (κ1) is 37.3. The molecule has 11 heteroatoms. The van der Waals surface area contributed by atoms with Crippen LogP contribution in [0.1, 0.15) is 89.8 Å². The highest BCUT2D eigenvalue weighted by molar-refractivity contribution is 7.13. The smallest absolute Gasteiger partial charge is 0.332 e. The number of carbonyl (C=O) groups is 3. The highest BCUT2D eigenvalue weighted by Crippen LogP contribution is 2.48. The molecule has 2 aromatic heterocycles. The van der Waals surface area contributed by atoms with Gasteiger partial charge in [0.2, 0.25) is 11.8 Å². The number of amides is 2. The van der Waals surface area contributed by atoms with E-state index in [4.69, 9.17) is 24.2 Å². The molecule has 5 rings (SSSR count). The normalized spacial score (nSPS) is 22.7. The molecule has 2 amide bonds. The third kappa shape index (κ3) is 7.67. The maximum Gasteiger partial charge on any atom is 0.332 e. The van der Waals surface area contributed by atoms with Crippen LogP contribution in [0, 0.1) is 24.7 Å². The van der Waals surface area contributed by atoms with E-state index in [2.05, 4.69) is 31.1 Å². The number of allylic oxidation sites excluding steroid dienone is 1. The van der Waals surface area contributed by atoms with Gasteiger partial charge in [0.15, 0.2) is 0 Å². The second kappa shape index (κ2) is 15.9. The Bertz CT molecular complexity index is 1720. The molecule has 270 valence electrons. The van der Waals surface area contributed by atoms with Gasteiger partial charge in [-0.1, -0.05) is 33.3 Å². The minimum absolute atomic E-state index is 0.00421. The molecule has 10 nitrogen and oxygen atoms in total. The molecule has 3 aromatic rings. The maximum absolute atomic E-state index is 14.1. The summed E-state index contributed by atoms with van der Waals surface area (Å²) in [7, 11) is 3.44. The summed E-state index contributed by atoms with van der Waals surface area (Å²) in [6.07, 6.45) is 6.06. The number of aromatic nitrogens is 2. The van der Waals surface area contributed by atoms with Gasteiger partial charge in [0, 0.05) is 36.0 Å². The van der Waals surface area contributed by atoms with Gasteiger partial charge in [-0.25, -0.2) is 14.8 Å². The lowest BCUT2D eigenvalue weighted by molar-refractivity contribution is -0.150. The van der Waals surface area contributed by atoms with E-state index in [-0.39, 0.29) is 30.3 Å². The van der Waals surface area contributed by atoms with Crippen molar-refractivity contribution in [3.8, 4) is 22.2 Å². The number of hydrogen-bond donors (Lipinski definition) is 1. The van der Waals surface area contributed by atoms with Crippen molar-refractivity contribution >= 4 is 40.0 Å². The van der Waals surface area contributed by atoms with Crippen LogP contribution in [0.15, 0.2) is 36.2 Å². The van der Waals surface area contributed by atoms with Gasteiger partial charge >= 0.3 is 5.97 Å². The molecule has 50 heavy (non-hydrogen) atoms. The van der Waals surface area contributed by atoms with Crippen LogP contribution < -0.4 is 14.8 Å². The Kier molecular flexibility index (Phi) is 11.9. The number of hydrogen-bond acceptors (Lipinski definition) is 9. The summed E-state index contributed by atoms with van der Waals surface area (Å²) in [5.74, 6) is -0.462. The van der Waals surface area contributed by atoms with Crippen LogP contribution in [0.4, 0.5) is 0 Å². The highest BCUT2D eigenvalue weighted by Gasteiger charge is 2.62. The van der Waals surface area contributed by atoms with Gasteiger partial charge in [-0.15, -0.1) is 17.9 Å². The number of carbonyl (C=O) groups excluding carboxylic acids is 3. The second-order valence-electron chi connectivity index (χ2n) is 14.0. The van der Waals surface area contributed by atoms with E-state index < -0.39 is 29.4 Å². The molecule has 0 unspecified atom stereocenters. The monoisotopic (exact) mass is 704 g/mol. The molecule has 1 aromatic carbocycles. The SMILES string of the molecule is C=CCCCCN(C)C(=O)[C@@H]1C[C@H](Oc2cc(-c3nc(C(C)C)cs3)nc3c(C)c(OC)ccc23)C[C@H]1C(=O)N[C@]1(C(=O)OCC)C[C@H]1CC. The maximum atomic E-state index is 14.1. The van der Waals surface area contributed by atoms with E-state index >= 15 is 0 Å². The van der Waals surface area contributed by atoms with E-state index in [1.807, 2.05) is 38.1 Å². The summed E-state index contributed by atoms with van der Waals surface area (Å²) in [6, 6.07) is 5.76. The number of ether oxygens (including phenoxy) is 3. The summed E-state index contributed by atoms with van der Waals surface area (Å²) in [5.41, 5.74) is 2.27. The number of nitrogens with one attached hydrogen (secondary N) is 1. The van der Waals surface area contributed by atoms with Gasteiger partial charge in [0.25, 0.3) is 0 Å². The number of methoxy groups -OCH3 is 1. The molecule has 2 aliphatic rings. The van der Waals surface area contributed by atoms with Crippen molar-refractivity contribution in [3.05, 3.63) is 47.5 Å². The Morgan fingerprint density at radius 3 is 2.54 bits per heavy atom. The quantitative estimate of drug-likeness (QED) is 0.0942. The zero-order chi connectivity index (χ0) is 36.2. The number of thiazole rings is 1. The molecule has 0 saturated heterocycles. The first-order valence-corrected chi connectivity index (χ1v) is 18.8. The lowest BCUT2D eigenvalue weighted by Crippen LogP contribution is -2.50. The minimum Gasteiger partial charge on any atom is -0.496 e. The molecule has 0 aliphatic heterocycles. The van der Waals surface area contributed by atoms with Crippen molar-refractivity contribution < 1.29 is 28.6 Å². The van der Waals surface area contributed by atoms with Gasteiger partial charge in [0.05, 0.1) is 36.8 Å². The minimum atomic E-state index is -1.04. The molecule has 1 N–H and O–H groups in total. The fraction of sp³-hybridized carbons (Fsp3) is 0.564. The number of unbranched alkanes of at least 4 members (excludes halogenated alkanes) is 2. The average molecular weight is 705 g/mol. The van der Waals surface area contributed by atoms with Crippen molar-refractivity contribution in [2.24, 2.45) is 17.8 Å². The predicted molar refractivity (Wildman–Crippen MR) is 196 cm³/mol. The van der Waals surface area contributed by atoms with E-state index in [1.54, 1.807) is 37.3 Å². The highest BCUT2D eigenvalue weighted by atomic mass is 32.1. The van der Waals surface area contributed by atoms with Crippen LogP contribution in [0.3, 0.4) is 0 Å². The molecule has 5 atom stereocenters. The molecule has 0 spiro atoms. The number of aryl methyl sites for hydroxylation is 1. The number of pyridine rings is 1. The zero-order valence-corrected chi connectivity index (χ0v) is 31.4. The molecule has 0 radical (unpaired) electrons. The van der Waals surface area contributed by atoms with E-state index in [0.717, 1.165) is 58.6 Å². The number of nitrogens with zero attached hydrogens (tertiary/aromatic N) is 3. The van der Waals surface area contributed by atoms with Gasteiger partial charge in [-0.3, -0.25) is 9.59 Å². The molecule has 2 heterocycles. The zero-order valence-electron chi connectivity index (χ0n) is 30.5. The standard InChI is InChI=1S/C39H52N4O6S/c1-9-12-13-14-17-43(7)37(45)29-19-26(18-28(29)35(44)42-39(21-25(39)10-2)38(46)48-11-3)49-33-20-30(36-41-31(22-50-36)23(4)5)40-34-24(6)32(47-8)16-15-27(33)34/h9,15-16,20,22-23,25-26,28-29H,1,10-14,17-19,21H2,2-8H3,(H,42,44)/t25-,26-,28-,29-,39-/m1/s1. The van der Waals surface area contributed by atoms with Gasteiger partial charge in [0.1, 0.15) is 33.8 Å². The largest absolute Gasteiger partial charge is 0.496 e. The lowest BCUT2D eigenvalue weighted by Gasteiger charge is -2.26. The number of fused-ring (bicyclic) bond motifs is 1. The van der Waals surface area contributed by atoms with E-state index in [1.165, 1.54) is 0 Å². The lowest BCUT2D eigenvalue weighted by atomic mass is 9.93. The van der Waals surface area contributed by atoms with Crippen LogP contribution in [-0.2, 0) is 19.1 Å². The molecule has 0 bridgehead atoms. The summed E-state index contributed by atoms with van der Waals surface area (Å²) in [5, 5.41) is 6.73. The summed E-state index contributed by atoms with van der Waals surface area (Å²) in [4.78, 5) is 52.9. The first-order valence-electron chi connectivity index (χ1n) is 17.9. The van der Waals surface area contributed by atoms with E-state index in [9.17, 15) is 14.4 Å². The number of esters is 1. The van der Waals surface area contributed by atoms with Crippen molar-refractivity contribution in [2.75, 3.05) is 27.3 Å². The second-order valence-corrected chi connectivity index (χ2v) is 14.8. The number of benzene rings is 1. The Labute approximate surface area is 300 Å². The first-order chi connectivity index (χ1) is 24.0. The van der Waals surface area contributed by atoms with Crippen LogP contribution in [0.2, 0.25) is 0 Å². The topological polar surface area (TPSA) is 120 Å². The Balaban J connectivity index is 1.47. The molecular formula is C39H52N4O6S. The van der Waals surface area contributed by atoms with Gasteiger partial charge in [-0.05, 0) is 76.3 Å². The van der Waals surface area contributed by atoms with Crippen LogP contribution in [-0.4, -0.2) is 71.6 Å². The molecule has 2 aliphatic carbocycles. The summed E-state index contributed by atoms with van der Waals surface area (Å²) in [6.45, 7) is 14.6. The Morgan fingerprint density at radius 1 is 1.14 bits per heavy atom. The Morgan fingerprint density at radius 2 is 1.90 bits per heavy atom. The summed E-state index contributed by atoms with van der Waals surface area (Å²) < 4.78 is 17.8. The van der Waals surface area contributed by atoms with Crippen molar-refractivity contribution in [1.29, 1.82) is 0 Å². The van der Waals surface area contributed by atoms with Crippen LogP contribution >= 0.6 is 11.3 Å². The molecule has 2 fully saturated rings. The summed E-state index contributed by atoms with van der Waals surface area (Å²) >= 11 is 1.54. The van der Waals surface area contributed by atoms with Crippen LogP contribution in [0.25, 0.3) is 21.6 Å². The fourth-order valence-corrected chi connectivity index (χ4v) is 8.13. The van der Waals surface area contributed by atoms with Gasteiger partial charge < -0.3 is 24.4 Å². The predicted octanol–water partition coefficient (Wildman–Crippen LogP) is 7.24.